The van der Waals surface area contributed by atoms with Gasteiger partial charge in [0.05, 0.1) is 16.7 Å². The molecule has 0 saturated carbocycles. The van der Waals surface area contributed by atoms with Crippen molar-refractivity contribution in [2.75, 3.05) is 23.7 Å². The van der Waals surface area contributed by atoms with Crippen LogP contribution in [0.1, 0.15) is 42.9 Å². The molecular weight excluding hydrogens is 264 g/mol. The van der Waals surface area contributed by atoms with Crippen LogP contribution in [0, 0.1) is 0 Å². The van der Waals surface area contributed by atoms with Crippen molar-refractivity contribution in [1.82, 2.24) is 4.98 Å². The van der Waals surface area contributed by atoms with E-state index in [4.69, 9.17) is 4.98 Å². The Morgan fingerprint density at radius 2 is 2.39 bits per heavy atom. The molecule has 100 valence electrons. The number of hydrogen-bond acceptors (Lipinski definition) is 5. The third kappa shape index (κ3) is 2.40. The van der Waals surface area contributed by atoms with E-state index in [-0.39, 0.29) is 6.10 Å². The van der Waals surface area contributed by atoms with Crippen LogP contribution in [-0.4, -0.2) is 34.2 Å². The van der Waals surface area contributed by atoms with Gasteiger partial charge in [0.1, 0.15) is 0 Å². The molecule has 0 amide bonds. The number of fused-ring (bicyclic) bond motifs is 1. The standard InChI is InChI=1S/C13H20N2OS2/c1-2-9-8-15(6-7-17-9)13-14-10-4-3-5-11(16)12(10)18-13/h9,11,16H,2-8H2,1H3. The smallest absolute Gasteiger partial charge is 0.185 e. The number of thioether (sulfide) groups is 1. The molecule has 18 heavy (non-hydrogen) atoms. The molecule has 2 unspecified atom stereocenters. The van der Waals surface area contributed by atoms with Crippen LogP contribution in [0.2, 0.25) is 0 Å². The lowest BCUT2D eigenvalue weighted by Gasteiger charge is -2.31. The predicted octanol–water partition coefficient (Wildman–Crippen LogP) is 2.84. The third-order valence-corrected chi connectivity index (χ3v) is 6.41. The van der Waals surface area contributed by atoms with Crippen molar-refractivity contribution in [3.8, 4) is 0 Å². The monoisotopic (exact) mass is 284 g/mol. The Labute approximate surface area is 117 Å². The topological polar surface area (TPSA) is 36.4 Å². The van der Waals surface area contributed by atoms with Gasteiger partial charge in [-0.15, -0.1) is 0 Å². The van der Waals surface area contributed by atoms with Gasteiger partial charge < -0.3 is 10.0 Å². The van der Waals surface area contributed by atoms with E-state index in [2.05, 4.69) is 23.6 Å². The number of aryl methyl sites for hydroxylation is 1. The minimum absolute atomic E-state index is 0.263. The van der Waals surface area contributed by atoms with E-state index in [0.717, 1.165) is 53.3 Å². The summed E-state index contributed by atoms with van der Waals surface area (Å²) in [6, 6.07) is 0. The molecule has 5 heteroatoms. The second-order valence-electron chi connectivity index (χ2n) is 5.06. The maximum absolute atomic E-state index is 10.0. The zero-order chi connectivity index (χ0) is 12.5. The lowest BCUT2D eigenvalue weighted by molar-refractivity contribution is 0.160. The number of nitrogens with zero attached hydrogens (tertiary/aromatic N) is 2. The van der Waals surface area contributed by atoms with Gasteiger partial charge in [-0.25, -0.2) is 4.98 Å². The normalized spacial score (nSPS) is 28.2. The summed E-state index contributed by atoms with van der Waals surface area (Å²) in [6.07, 6.45) is 3.99. The van der Waals surface area contributed by atoms with Gasteiger partial charge in [0.15, 0.2) is 5.13 Å². The molecule has 0 radical (unpaired) electrons. The molecule has 1 aliphatic heterocycles. The van der Waals surface area contributed by atoms with Crippen LogP contribution < -0.4 is 4.90 Å². The summed E-state index contributed by atoms with van der Waals surface area (Å²) < 4.78 is 0. The number of thiazole rings is 1. The first kappa shape index (κ1) is 12.8. The van der Waals surface area contributed by atoms with Gasteiger partial charge in [-0.3, -0.25) is 0 Å². The highest BCUT2D eigenvalue weighted by atomic mass is 32.2. The van der Waals surface area contributed by atoms with Crippen LogP contribution in [0.15, 0.2) is 0 Å². The molecular formula is C13H20N2OS2. The summed E-state index contributed by atoms with van der Waals surface area (Å²) in [6.45, 7) is 4.48. The second kappa shape index (κ2) is 5.39. The van der Waals surface area contributed by atoms with Crippen LogP contribution in [-0.2, 0) is 6.42 Å². The SMILES string of the molecule is CCC1CN(c2nc3c(s2)C(O)CCC3)CCS1. The Morgan fingerprint density at radius 3 is 3.17 bits per heavy atom. The fraction of sp³-hybridized carbons (Fsp3) is 0.769. The molecule has 1 aromatic rings. The van der Waals surface area contributed by atoms with Gasteiger partial charge in [0.25, 0.3) is 0 Å². The predicted molar refractivity (Wildman–Crippen MR) is 78.8 cm³/mol. The molecule has 2 aliphatic rings. The zero-order valence-corrected chi connectivity index (χ0v) is 12.4. The average molecular weight is 284 g/mol. The van der Waals surface area contributed by atoms with Crippen molar-refractivity contribution >= 4 is 28.2 Å². The van der Waals surface area contributed by atoms with Crippen LogP contribution >= 0.6 is 23.1 Å². The quantitative estimate of drug-likeness (QED) is 0.906. The first-order chi connectivity index (χ1) is 8.78. The fourth-order valence-corrected chi connectivity index (χ4v) is 5.01. The Kier molecular flexibility index (Phi) is 3.82. The minimum atomic E-state index is -0.263. The van der Waals surface area contributed by atoms with Gasteiger partial charge >= 0.3 is 0 Å². The third-order valence-electron chi connectivity index (χ3n) is 3.77. The van der Waals surface area contributed by atoms with Gasteiger partial charge in [-0.1, -0.05) is 18.3 Å². The minimum Gasteiger partial charge on any atom is -0.388 e. The van der Waals surface area contributed by atoms with Gasteiger partial charge in [0.2, 0.25) is 0 Å². The Balaban J connectivity index is 1.80. The summed E-state index contributed by atoms with van der Waals surface area (Å²) in [7, 11) is 0. The highest BCUT2D eigenvalue weighted by Gasteiger charge is 2.27. The van der Waals surface area contributed by atoms with E-state index in [1.54, 1.807) is 11.3 Å². The van der Waals surface area contributed by atoms with Gasteiger partial charge in [0, 0.05) is 24.1 Å². The maximum atomic E-state index is 10.0. The van der Waals surface area contributed by atoms with E-state index >= 15 is 0 Å². The number of rotatable bonds is 2. The highest BCUT2D eigenvalue weighted by Crippen LogP contribution is 2.38. The number of aliphatic hydroxyl groups excluding tert-OH is 1. The zero-order valence-electron chi connectivity index (χ0n) is 10.8. The van der Waals surface area contributed by atoms with Crippen LogP contribution in [0.5, 0.6) is 0 Å². The molecule has 3 rings (SSSR count). The summed E-state index contributed by atoms with van der Waals surface area (Å²) in [5.74, 6) is 1.20. The van der Waals surface area contributed by atoms with Crippen molar-refractivity contribution in [3.05, 3.63) is 10.6 Å². The number of hydrogen-bond donors (Lipinski definition) is 1. The van der Waals surface area contributed by atoms with E-state index < -0.39 is 0 Å². The second-order valence-corrected chi connectivity index (χ2v) is 7.48. The summed E-state index contributed by atoms with van der Waals surface area (Å²) in [4.78, 5) is 8.31. The van der Waals surface area contributed by atoms with Crippen molar-refractivity contribution in [1.29, 1.82) is 0 Å². The number of anilines is 1. The molecule has 3 nitrogen and oxygen atoms in total. The lowest BCUT2D eigenvalue weighted by atomic mass is 10.0. The average Bonchev–Trinajstić information content (AvgIpc) is 2.84. The molecule has 1 N–H and O–H groups in total. The van der Waals surface area contributed by atoms with E-state index in [9.17, 15) is 5.11 Å². The molecule has 0 aromatic carbocycles. The Hall–Kier alpha value is -0.260. The molecule has 1 saturated heterocycles. The van der Waals surface area contributed by atoms with Crippen molar-refractivity contribution in [2.45, 2.75) is 44.0 Å². The fourth-order valence-electron chi connectivity index (χ4n) is 2.66. The van der Waals surface area contributed by atoms with E-state index in [0.29, 0.717) is 0 Å². The molecule has 2 heterocycles. The number of aromatic nitrogens is 1. The first-order valence-corrected chi connectivity index (χ1v) is 8.68. The molecule has 0 spiro atoms. The largest absolute Gasteiger partial charge is 0.388 e. The molecule has 1 aromatic heterocycles. The van der Waals surface area contributed by atoms with Gasteiger partial charge in [-0.2, -0.15) is 11.8 Å². The van der Waals surface area contributed by atoms with E-state index in [1.165, 1.54) is 12.2 Å². The van der Waals surface area contributed by atoms with Crippen LogP contribution in [0.3, 0.4) is 0 Å². The van der Waals surface area contributed by atoms with E-state index in [1.807, 2.05) is 0 Å². The molecule has 1 aliphatic carbocycles. The molecule has 2 atom stereocenters. The van der Waals surface area contributed by atoms with Crippen LogP contribution in [0.25, 0.3) is 0 Å². The Morgan fingerprint density at radius 1 is 1.50 bits per heavy atom. The summed E-state index contributed by atoms with van der Waals surface area (Å²) in [5.41, 5.74) is 1.15. The van der Waals surface area contributed by atoms with Gasteiger partial charge in [-0.05, 0) is 25.7 Å². The van der Waals surface area contributed by atoms with Crippen molar-refractivity contribution in [3.63, 3.8) is 0 Å². The van der Waals surface area contributed by atoms with Crippen molar-refractivity contribution < 1.29 is 5.11 Å². The first-order valence-electron chi connectivity index (χ1n) is 6.82. The summed E-state index contributed by atoms with van der Waals surface area (Å²) in [5, 5.41) is 11.9. The summed E-state index contributed by atoms with van der Waals surface area (Å²) >= 11 is 3.80. The molecule has 0 bridgehead atoms. The van der Waals surface area contributed by atoms with Crippen molar-refractivity contribution in [2.24, 2.45) is 0 Å². The highest BCUT2D eigenvalue weighted by molar-refractivity contribution is 8.00. The molecule has 1 fully saturated rings. The number of aliphatic hydroxyl groups is 1. The Bertz CT molecular complexity index is 421. The lowest BCUT2D eigenvalue weighted by Crippen LogP contribution is -2.37. The maximum Gasteiger partial charge on any atom is 0.185 e. The van der Waals surface area contributed by atoms with Crippen LogP contribution in [0.4, 0.5) is 5.13 Å².